The van der Waals surface area contributed by atoms with Gasteiger partial charge in [-0.25, -0.2) is 0 Å². The van der Waals surface area contributed by atoms with Crippen molar-refractivity contribution < 1.29 is 0 Å². The Morgan fingerprint density at radius 1 is 1.38 bits per heavy atom. The SMILES string of the molecule is CCC1=CC(c2ccc(N)cc2C)CCC1. The summed E-state index contributed by atoms with van der Waals surface area (Å²) >= 11 is 0. The van der Waals surface area contributed by atoms with E-state index in [0.717, 1.165) is 5.69 Å². The first-order valence-corrected chi connectivity index (χ1v) is 6.26. The molecule has 86 valence electrons. The Bertz CT molecular complexity index is 404. The molecule has 0 saturated carbocycles. The van der Waals surface area contributed by atoms with Crippen molar-refractivity contribution >= 4 is 5.69 Å². The molecule has 0 radical (unpaired) electrons. The van der Waals surface area contributed by atoms with E-state index in [1.54, 1.807) is 5.57 Å². The molecule has 2 N–H and O–H groups in total. The molecule has 0 saturated heterocycles. The second kappa shape index (κ2) is 4.73. The monoisotopic (exact) mass is 215 g/mol. The summed E-state index contributed by atoms with van der Waals surface area (Å²) in [5.41, 5.74) is 11.1. The molecular weight excluding hydrogens is 194 g/mol. The van der Waals surface area contributed by atoms with Gasteiger partial charge in [0.25, 0.3) is 0 Å². The number of rotatable bonds is 2. The molecule has 1 unspecified atom stereocenters. The molecule has 0 aliphatic heterocycles. The molecule has 1 nitrogen and oxygen atoms in total. The van der Waals surface area contributed by atoms with E-state index in [4.69, 9.17) is 5.73 Å². The maximum absolute atomic E-state index is 5.80. The minimum atomic E-state index is 0.615. The van der Waals surface area contributed by atoms with Crippen molar-refractivity contribution in [1.82, 2.24) is 0 Å². The summed E-state index contributed by atoms with van der Waals surface area (Å²) in [7, 11) is 0. The molecule has 0 bridgehead atoms. The van der Waals surface area contributed by atoms with Gasteiger partial charge in [-0.1, -0.05) is 24.6 Å². The Labute approximate surface area is 98.4 Å². The lowest BCUT2D eigenvalue weighted by atomic mass is 9.83. The Balaban J connectivity index is 2.30. The Hall–Kier alpha value is -1.24. The summed E-state index contributed by atoms with van der Waals surface area (Å²) in [4.78, 5) is 0. The van der Waals surface area contributed by atoms with Crippen LogP contribution in [0.1, 0.15) is 49.7 Å². The quantitative estimate of drug-likeness (QED) is 0.581. The third kappa shape index (κ3) is 2.29. The van der Waals surface area contributed by atoms with Gasteiger partial charge in [0.1, 0.15) is 0 Å². The fourth-order valence-corrected chi connectivity index (χ4v) is 2.66. The van der Waals surface area contributed by atoms with Crippen LogP contribution in [0.2, 0.25) is 0 Å². The molecular formula is C15H21N. The maximum atomic E-state index is 5.80. The predicted molar refractivity (Wildman–Crippen MR) is 70.6 cm³/mol. The summed E-state index contributed by atoms with van der Waals surface area (Å²) in [5.74, 6) is 0.615. The van der Waals surface area contributed by atoms with Crippen LogP contribution in [-0.4, -0.2) is 0 Å². The van der Waals surface area contributed by atoms with E-state index in [1.807, 2.05) is 6.07 Å². The highest BCUT2D eigenvalue weighted by molar-refractivity contribution is 5.46. The summed E-state index contributed by atoms with van der Waals surface area (Å²) in [6.45, 7) is 4.42. The molecule has 0 fully saturated rings. The average Bonchev–Trinajstić information content (AvgIpc) is 2.29. The zero-order valence-electron chi connectivity index (χ0n) is 10.3. The van der Waals surface area contributed by atoms with Crippen LogP contribution in [0.4, 0.5) is 5.69 Å². The van der Waals surface area contributed by atoms with Crippen LogP contribution in [0.5, 0.6) is 0 Å². The average molecular weight is 215 g/mol. The zero-order valence-corrected chi connectivity index (χ0v) is 10.3. The van der Waals surface area contributed by atoms with Crippen molar-refractivity contribution in [1.29, 1.82) is 0 Å². The van der Waals surface area contributed by atoms with Crippen LogP contribution in [0.25, 0.3) is 0 Å². The predicted octanol–water partition coefficient (Wildman–Crippen LogP) is 4.18. The minimum absolute atomic E-state index is 0.615. The smallest absolute Gasteiger partial charge is 0.0316 e. The standard InChI is InChI=1S/C15H21N/c1-3-12-5-4-6-13(10-12)15-8-7-14(16)9-11(15)2/h7-10,13H,3-6,16H2,1-2H3. The number of benzene rings is 1. The zero-order chi connectivity index (χ0) is 11.5. The lowest BCUT2D eigenvalue weighted by Crippen LogP contribution is -2.05. The van der Waals surface area contributed by atoms with Crippen LogP contribution in [0.15, 0.2) is 29.8 Å². The molecule has 1 aromatic carbocycles. The number of nitrogen functional groups attached to an aromatic ring is 1. The van der Waals surface area contributed by atoms with Crippen molar-refractivity contribution in [2.45, 2.75) is 45.4 Å². The summed E-state index contributed by atoms with van der Waals surface area (Å²) < 4.78 is 0. The second-order valence-corrected chi connectivity index (χ2v) is 4.79. The topological polar surface area (TPSA) is 26.0 Å². The third-order valence-electron chi connectivity index (χ3n) is 3.60. The highest BCUT2D eigenvalue weighted by Gasteiger charge is 2.16. The van der Waals surface area contributed by atoms with Crippen LogP contribution >= 0.6 is 0 Å². The van der Waals surface area contributed by atoms with Gasteiger partial charge in [0, 0.05) is 11.6 Å². The van der Waals surface area contributed by atoms with E-state index >= 15 is 0 Å². The van der Waals surface area contributed by atoms with E-state index in [1.165, 1.54) is 36.8 Å². The van der Waals surface area contributed by atoms with Gasteiger partial charge in [-0.2, -0.15) is 0 Å². The van der Waals surface area contributed by atoms with Gasteiger partial charge in [0.05, 0.1) is 0 Å². The molecule has 1 aromatic rings. The molecule has 1 aliphatic carbocycles. The summed E-state index contributed by atoms with van der Waals surface area (Å²) in [5, 5.41) is 0. The Kier molecular flexibility index (Phi) is 3.33. The summed E-state index contributed by atoms with van der Waals surface area (Å²) in [6.07, 6.45) is 7.58. The van der Waals surface area contributed by atoms with Crippen molar-refractivity contribution in [2.75, 3.05) is 5.73 Å². The van der Waals surface area contributed by atoms with Gasteiger partial charge in [0.15, 0.2) is 0 Å². The number of nitrogens with two attached hydrogens (primary N) is 1. The van der Waals surface area contributed by atoms with E-state index in [0.29, 0.717) is 5.92 Å². The highest BCUT2D eigenvalue weighted by atomic mass is 14.5. The molecule has 0 amide bonds. The van der Waals surface area contributed by atoms with E-state index in [9.17, 15) is 0 Å². The number of anilines is 1. The normalized spacial score (nSPS) is 20.6. The molecule has 1 aliphatic rings. The van der Waals surface area contributed by atoms with Crippen LogP contribution in [0, 0.1) is 6.92 Å². The van der Waals surface area contributed by atoms with Gasteiger partial charge < -0.3 is 5.73 Å². The Morgan fingerprint density at radius 3 is 2.88 bits per heavy atom. The third-order valence-corrected chi connectivity index (χ3v) is 3.60. The molecule has 1 atom stereocenters. The highest BCUT2D eigenvalue weighted by Crippen LogP contribution is 2.34. The fourth-order valence-electron chi connectivity index (χ4n) is 2.66. The van der Waals surface area contributed by atoms with Crippen LogP contribution < -0.4 is 5.73 Å². The largest absolute Gasteiger partial charge is 0.399 e. The lowest BCUT2D eigenvalue weighted by Gasteiger charge is -2.22. The van der Waals surface area contributed by atoms with Crippen molar-refractivity contribution in [3.63, 3.8) is 0 Å². The van der Waals surface area contributed by atoms with Crippen molar-refractivity contribution in [3.05, 3.63) is 41.0 Å². The van der Waals surface area contributed by atoms with Gasteiger partial charge >= 0.3 is 0 Å². The number of allylic oxidation sites excluding steroid dienone is 2. The van der Waals surface area contributed by atoms with Crippen molar-refractivity contribution in [2.24, 2.45) is 0 Å². The first kappa shape index (κ1) is 11.3. The van der Waals surface area contributed by atoms with Crippen molar-refractivity contribution in [3.8, 4) is 0 Å². The van der Waals surface area contributed by atoms with Gasteiger partial charge in [-0.05, 0) is 55.9 Å². The summed E-state index contributed by atoms with van der Waals surface area (Å²) in [6, 6.07) is 6.31. The fraction of sp³-hybridized carbons (Fsp3) is 0.467. The molecule has 2 rings (SSSR count). The molecule has 0 aromatic heterocycles. The number of hydrogen-bond donors (Lipinski definition) is 1. The first-order chi connectivity index (χ1) is 7.70. The number of aryl methyl sites for hydroxylation is 1. The Morgan fingerprint density at radius 2 is 2.19 bits per heavy atom. The first-order valence-electron chi connectivity index (χ1n) is 6.26. The van der Waals surface area contributed by atoms with Gasteiger partial charge in [-0.15, -0.1) is 0 Å². The van der Waals surface area contributed by atoms with E-state index in [-0.39, 0.29) is 0 Å². The maximum Gasteiger partial charge on any atom is 0.0316 e. The minimum Gasteiger partial charge on any atom is -0.399 e. The van der Waals surface area contributed by atoms with E-state index in [2.05, 4.69) is 32.1 Å². The van der Waals surface area contributed by atoms with E-state index < -0.39 is 0 Å². The molecule has 1 heteroatoms. The van der Waals surface area contributed by atoms with Gasteiger partial charge in [0.2, 0.25) is 0 Å². The molecule has 0 heterocycles. The van der Waals surface area contributed by atoms with Crippen LogP contribution in [-0.2, 0) is 0 Å². The van der Waals surface area contributed by atoms with Gasteiger partial charge in [-0.3, -0.25) is 0 Å². The molecule has 0 spiro atoms. The second-order valence-electron chi connectivity index (χ2n) is 4.79. The lowest BCUT2D eigenvalue weighted by molar-refractivity contribution is 0.620. The number of hydrogen-bond acceptors (Lipinski definition) is 1. The molecule has 16 heavy (non-hydrogen) atoms. The van der Waals surface area contributed by atoms with Crippen LogP contribution in [0.3, 0.4) is 0 Å².